The Bertz CT molecular complexity index is 881. The van der Waals surface area contributed by atoms with Crippen molar-refractivity contribution < 1.29 is 22.6 Å². The summed E-state index contributed by atoms with van der Waals surface area (Å²) in [6.07, 6.45) is -3.62. The van der Waals surface area contributed by atoms with E-state index in [9.17, 15) is 18.0 Å². The van der Waals surface area contributed by atoms with Crippen LogP contribution in [-0.2, 0) is 6.42 Å². The summed E-state index contributed by atoms with van der Waals surface area (Å²) in [6.45, 7) is 5.64. The second-order valence-corrected chi connectivity index (χ2v) is 6.40. The topological polar surface area (TPSA) is 90.2 Å². The highest BCUT2D eigenvalue weighted by Crippen LogP contribution is 2.35. The Kier molecular flexibility index (Phi) is 6.71. The minimum Gasteiger partial charge on any atom is -0.496 e. The van der Waals surface area contributed by atoms with Crippen molar-refractivity contribution >= 4 is 0 Å². The number of methoxy groups -OCH3 is 1. The van der Waals surface area contributed by atoms with E-state index in [0.717, 1.165) is 12.1 Å². The van der Waals surface area contributed by atoms with E-state index in [-0.39, 0.29) is 23.3 Å². The van der Waals surface area contributed by atoms with Crippen molar-refractivity contribution in [3.8, 4) is 22.8 Å². The van der Waals surface area contributed by atoms with E-state index in [0.29, 0.717) is 35.5 Å². The Morgan fingerprint density at radius 2 is 1.96 bits per heavy atom. The number of benzene rings is 1. The van der Waals surface area contributed by atoms with Crippen molar-refractivity contribution in [2.75, 3.05) is 7.11 Å². The van der Waals surface area contributed by atoms with Crippen LogP contribution in [0.5, 0.6) is 11.5 Å². The van der Waals surface area contributed by atoms with Gasteiger partial charge in [0.25, 0.3) is 5.56 Å². The maximum absolute atomic E-state index is 12.6. The number of alkyl halides is 3. The van der Waals surface area contributed by atoms with Gasteiger partial charge in [0.1, 0.15) is 17.2 Å². The lowest BCUT2D eigenvalue weighted by Gasteiger charge is -2.19. The van der Waals surface area contributed by atoms with Crippen LogP contribution in [0.15, 0.2) is 23.0 Å². The monoisotopic (exact) mass is 399 g/mol. The molecule has 154 valence electrons. The standard InChI is InChI=1S/C19H24F3N3O3/c1-5-13(23)10(3)16-18(26)25-17(14(6-2)24-16)12-8-7-11(9-15(12)27-4)28-19(20,21)22/h7-10,13H,5-6,23H2,1-4H3,(H,25,26). The Morgan fingerprint density at radius 1 is 1.29 bits per heavy atom. The minimum absolute atomic E-state index is 0.125. The highest BCUT2D eigenvalue weighted by atomic mass is 19.4. The summed E-state index contributed by atoms with van der Waals surface area (Å²) in [7, 11) is 1.32. The summed E-state index contributed by atoms with van der Waals surface area (Å²) in [4.78, 5) is 19.9. The number of ether oxygens (including phenoxy) is 2. The quantitative estimate of drug-likeness (QED) is 0.740. The first-order valence-corrected chi connectivity index (χ1v) is 8.94. The summed E-state index contributed by atoms with van der Waals surface area (Å²) in [5.74, 6) is -0.530. The molecule has 0 aliphatic carbocycles. The van der Waals surface area contributed by atoms with E-state index in [1.807, 2.05) is 20.8 Å². The van der Waals surface area contributed by atoms with E-state index >= 15 is 0 Å². The molecule has 2 unspecified atom stereocenters. The van der Waals surface area contributed by atoms with E-state index in [1.54, 1.807) is 0 Å². The number of halogens is 3. The van der Waals surface area contributed by atoms with Gasteiger partial charge < -0.3 is 20.2 Å². The zero-order chi connectivity index (χ0) is 21.1. The Labute approximate surface area is 160 Å². The fraction of sp³-hybridized carbons (Fsp3) is 0.474. The molecule has 0 aliphatic rings. The number of aromatic amines is 1. The first-order chi connectivity index (χ1) is 13.1. The fourth-order valence-corrected chi connectivity index (χ4v) is 2.92. The van der Waals surface area contributed by atoms with Gasteiger partial charge in [-0.25, -0.2) is 4.98 Å². The Morgan fingerprint density at radius 3 is 2.50 bits per heavy atom. The third kappa shape index (κ3) is 4.83. The number of hydrogen-bond acceptors (Lipinski definition) is 5. The van der Waals surface area contributed by atoms with Crippen LogP contribution >= 0.6 is 0 Å². The molecule has 0 spiro atoms. The number of nitrogens with two attached hydrogens (primary N) is 1. The molecule has 1 heterocycles. The highest BCUT2D eigenvalue weighted by Gasteiger charge is 2.31. The number of nitrogens with one attached hydrogen (secondary N) is 1. The Balaban J connectivity index is 2.55. The lowest BCUT2D eigenvalue weighted by atomic mass is 9.96. The van der Waals surface area contributed by atoms with Gasteiger partial charge in [0.2, 0.25) is 0 Å². The molecule has 2 rings (SSSR count). The van der Waals surface area contributed by atoms with Crippen molar-refractivity contribution in [3.63, 3.8) is 0 Å². The van der Waals surface area contributed by atoms with E-state index < -0.39 is 12.1 Å². The first kappa shape index (κ1) is 21.7. The van der Waals surface area contributed by atoms with E-state index in [4.69, 9.17) is 10.5 Å². The zero-order valence-electron chi connectivity index (χ0n) is 16.2. The maximum atomic E-state index is 12.6. The van der Waals surface area contributed by atoms with Gasteiger partial charge in [-0.05, 0) is 25.0 Å². The molecule has 0 saturated heterocycles. The summed E-state index contributed by atoms with van der Waals surface area (Å²) >= 11 is 0. The molecular formula is C19H24F3N3O3. The number of aromatic nitrogens is 2. The molecule has 0 bridgehead atoms. The average Bonchev–Trinajstić information content (AvgIpc) is 2.65. The van der Waals surface area contributed by atoms with Crippen LogP contribution in [0.4, 0.5) is 13.2 Å². The van der Waals surface area contributed by atoms with Gasteiger partial charge in [-0.3, -0.25) is 4.79 Å². The van der Waals surface area contributed by atoms with E-state index in [2.05, 4.69) is 14.7 Å². The smallest absolute Gasteiger partial charge is 0.496 e. The van der Waals surface area contributed by atoms with Crippen LogP contribution in [0.3, 0.4) is 0 Å². The van der Waals surface area contributed by atoms with Crippen LogP contribution in [0.1, 0.15) is 44.5 Å². The number of hydrogen-bond donors (Lipinski definition) is 2. The molecule has 6 nitrogen and oxygen atoms in total. The van der Waals surface area contributed by atoms with Crippen LogP contribution in [-0.4, -0.2) is 29.5 Å². The van der Waals surface area contributed by atoms with Crippen LogP contribution < -0.4 is 20.8 Å². The molecule has 2 aromatic rings. The molecule has 0 radical (unpaired) electrons. The number of rotatable bonds is 7. The van der Waals surface area contributed by atoms with Crippen molar-refractivity contribution in [2.24, 2.45) is 5.73 Å². The van der Waals surface area contributed by atoms with Crippen LogP contribution in [0.2, 0.25) is 0 Å². The Hall–Kier alpha value is -2.55. The van der Waals surface area contributed by atoms with Crippen molar-refractivity contribution in [3.05, 3.63) is 39.9 Å². The van der Waals surface area contributed by atoms with E-state index in [1.165, 1.54) is 13.2 Å². The summed E-state index contributed by atoms with van der Waals surface area (Å²) < 4.78 is 46.5. The third-order valence-electron chi connectivity index (χ3n) is 4.57. The summed E-state index contributed by atoms with van der Waals surface area (Å²) in [5, 5.41) is 0. The van der Waals surface area contributed by atoms with Crippen molar-refractivity contribution in [2.45, 2.75) is 51.9 Å². The van der Waals surface area contributed by atoms with Gasteiger partial charge in [0.05, 0.1) is 18.5 Å². The molecule has 0 amide bonds. The molecule has 0 saturated carbocycles. The fourth-order valence-electron chi connectivity index (χ4n) is 2.92. The van der Waals surface area contributed by atoms with Gasteiger partial charge in [0.15, 0.2) is 0 Å². The van der Waals surface area contributed by atoms with Gasteiger partial charge in [-0.15, -0.1) is 13.2 Å². The number of H-pyrrole nitrogens is 1. The van der Waals surface area contributed by atoms with Crippen LogP contribution in [0, 0.1) is 0 Å². The summed E-state index contributed by atoms with van der Waals surface area (Å²) in [5.41, 5.74) is 7.40. The first-order valence-electron chi connectivity index (χ1n) is 8.94. The van der Waals surface area contributed by atoms with Gasteiger partial charge in [-0.1, -0.05) is 20.8 Å². The molecule has 2 atom stereocenters. The van der Waals surface area contributed by atoms with Crippen molar-refractivity contribution in [1.82, 2.24) is 9.97 Å². The molecular weight excluding hydrogens is 375 g/mol. The molecule has 0 aliphatic heterocycles. The van der Waals surface area contributed by atoms with Crippen LogP contribution in [0.25, 0.3) is 11.3 Å². The minimum atomic E-state index is -4.81. The van der Waals surface area contributed by atoms with Gasteiger partial charge in [0, 0.05) is 23.6 Å². The normalized spacial score (nSPS) is 13.9. The lowest BCUT2D eigenvalue weighted by Crippen LogP contribution is -2.31. The summed E-state index contributed by atoms with van der Waals surface area (Å²) in [6, 6.07) is 3.46. The SMILES string of the molecule is CCc1nc(C(C)C(N)CC)c(=O)[nH]c1-c1ccc(OC(F)(F)F)cc1OC. The maximum Gasteiger partial charge on any atom is 0.573 e. The van der Waals surface area contributed by atoms with Gasteiger partial charge in [-0.2, -0.15) is 0 Å². The highest BCUT2D eigenvalue weighted by molar-refractivity contribution is 5.70. The predicted octanol–water partition coefficient (Wildman–Crippen LogP) is 3.75. The average molecular weight is 399 g/mol. The second kappa shape index (κ2) is 8.64. The number of aryl methyl sites for hydroxylation is 1. The largest absolute Gasteiger partial charge is 0.573 e. The third-order valence-corrected chi connectivity index (χ3v) is 4.57. The molecule has 28 heavy (non-hydrogen) atoms. The van der Waals surface area contributed by atoms with Crippen molar-refractivity contribution in [1.29, 1.82) is 0 Å². The lowest BCUT2D eigenvalue weighted by molar-refractivity contribution is -0.274. The molecule has 1 aromatic heterocycles. The zero-order valence-corrected chi connectivity index (χ0v) is 16.2. The van der Waals surface area contributed by atoms with Gasteiger partial charge >= 0.3 is 6.36 Å². The molecule has 1 aromatic carbocycles. The second-order valence-electron chi connectivity index (χ2n) is 6.40. The molecule has 3 N–H and O–H groups in total. The number of nitrogens with zero attached hydrogens (tertiary/aromatic N) is 1. The molecule has 9 heteroatoms. The molecule has 0 fully saturated rings. The predicted molar refractivity (Wildman–Crippen MR) is 99.6 cm³/mol.